The van der Waals surface area contributed by atoms with Crippen molar-refractivity contribution in [2.45, 2.75) is 19.6 Å². The molecule has 0 amide bonds. The number of halogens is 1. The van der Waals surface area contributed by atoms with E-state index in [2.05, 4.69) is 4.98 Å². The molecule has 1 heterocycles. The summed E-state index contributed by atoms with van der Waals surface area (Å²) in [6.07, 6.45) is 0.818. The van der Waals surface area contributed by atoms with Crippen LogP contribution in [0.5, 0.6) is 11.6 Å². The molecule has 2 aromatic rings. The number of rotatable bonds is 5. The van der Waals surface area contributed by atoms with Crippen molar-refractivity contribution in [3.05, 3.63) is 53.5 Å². The van der Waals surface area contributed by atoms with Gasteiger partial charge in [-0.15, -0.1) is 0 Å². The number of ether oxygens (including phenoxy) is 2. The monoisotopic (exact) mass is 277 g/mol. The zero-order chi connectivity index (χ0) is 14.5. The van der Waals surface area contributed by atoms with Crippen LogP contribution in [0.25, 0.3) is 0 Å². The van der Waals surface area contributed by atoms with Gasteiger partial charge >= 0.3 is 0 Å². The van der Waals surface area contributed by atoms with Gasteiger partial charge in [0.2, 0.25) is 5.88 Å². The molecule has 1 aromatic carbocycles. The van der Waals surface area contributed by atoms with E-state index >= 15 is 0 Å². The van der Waals surface area contributed by atoms with E-state index < -0.39 is 11.9 Å². The predicted octanol–water partition coefficient (Wildman–Crippen LogP) is 2.86. The first kappa shape index (κ1) is 14.3. The minimum atomic E-state index is -0.809. The molecule has 1 N–H and O–H groups in total. The van der Waals surface area contributed by atoms with Gasteiger partial charge in [0.15, 0.2) is 0 Å². The second-order valence-electron chi connectivity index (χ2n) is 4.32. The van der Waals surface area contributed by atoms with Gasteiger partial charge in [-0.25, -0.2) is 9.37 Å². The highest BCUT2D eigenvalue weighted by Gasteiger charge is 2.12. The van der Waals surface area contributed by atoms with E-state index in [-0.39, 0.29) is 6.61 Å². The third-order valence-electron chi connectivity index (χ3n) is 2.85. The maximum absolute atomic E-state index is 13.2. The van der Waals surface area contributed by atoms with Crippen molar-refractivity contribution in [3.8, 4) is 11.6 Å². The Morgan fingerprint density at radius 3 is 2.85 bits per heavy atom. The Morgan fingerprint density at radius 1 is 1.35 bits per heavy atom. The van der Waals surface area contributed by atoms with Crippen LogP contribution in [0.1, 0.15) is 24.2 Å². The van der Waals surface area contributed by atoms with Gasteiger partial charge in [0, 0.05) is 11.8 Å². The van der Waals surface area contributed by atoms with Crippen molar-refractivity contribution in [2.24, 2.45) is 0 Å². The van der Waals surface area contributed by atoms with Crippen LogP contribution >= 0.6 is 0 Å². The lowest BCUT2D eigenvalue weighted by Gasteiger charge is -2.14. The zero-order valence-corrected chi connectivity index (χ0v) is 11.3. The first-order valence-corrected chi connectivity index (χ1v) is 6.20. The number of pyridine rings is 1. The van der Waals surface area contributed by atoms with Crippen molar-refractivity contribution in [2.75, 3.05) is 7.11 Å². The van der Waals surface area contributed by atoms with Crippen LogP contribution in [0.3, 0.4) is 0 Å². The quantitative estimate of drug-likeness (QED) is 0.913. The highest BCUT2D eigenvalue weighted by Crippen LogP contribution is 2.27. The van der Waals surface area contributed by atoms with E-state index in [1.165, 1.54) is 25.3 Å². The normalized spacial score (nSPS) is 12.0. The van der Waals surface area contributed by atoms with E-state index in [1.54, 1.807) is 19.2 Å². The maximum atomic E-state index is 13.2. The van der Waals surface area contributed by atoms with Crippen LogP contribution < -0.4 is 9.47 Å². The van der Waals surface area contributed by atoms with Crippen LogP contribution in [0, 0.1) is 5.82 Å². The Hall–Kier alpha value is -2.14. The molecule has 0 aliphatic rings. The molecule has 4 nitrogen and oxygen atoms in total. The molecule has 1 aromatic heterocycles. The number of aliphatic hydroxyl groups is 1. The van der Waals surface area contributed by atoms with Crippen molar-refractivity contribution in [3.63, 3.8) is 0 Å². The predicted molar refractivity (Wildman–Crippen MR) is 72.2 cm³/mol. The van der Waals surface area contributed by atoms with E-state index in [1.807, 2.05) is 6.07 Å². The van der Waals surface area contributed by atoms with Gasteiger partial charge in [0.25, 0.3) is 0 Å². The average molecular weight is 277 g/mol. The van der Waals surface area contributed by atoms with Gasteiger partial charge in [-0.05, 0) is 37.3 Å². The largest absolute Gasteiger partial charge is 0.488 e. The lowest BCUT2D eigenvalue weighted by molar-refractivity contribution is 0.189. The molecule has 0 unspecified atom stereocenters. The van der Waals surface area contributed by atoms with Crippen molar-refractivity contribution >= 4 is 0 Å². The van der Waals surface area contributed by atoms with E-state index in [9.17, 15) is 9.50 Å². The van der Waals surface area contributed by atoms with Crippen molar-refractivity contribution in [1.29, 1.82) is 0 Å². The summed E-state index contributed by atoms with van der Waals surface area (Å²) >= 11 is 0. The van der Waals surface area contributed by atoms with Crippen LogP contribution in [0.2, 0.25) is 0 Å². The molecular weight excluding hydrogens is 261 g/mol. The number of aliphatic hydroxyl groups excluding tert-OH is 1. The summed E-state index contributed by atoms with van der Waals surface area (Å²) in [6.45, 7) is 1.79. The van der Waals surface area contributed by atoms with Gasteiger partial charge in [0.05, 0.1) is 18.8 Å². The molecule has 0 fully saturated rings. The maximum Gasteiger partial charge on any atom is 0.219 e. The van der Waals surface area contributed by atoms with Crippen LogP contribution in [0.15, 0.2) is 36.5 Å². The number of benzene rings is 1. The highest BCUT2D eigenvalue weighted by atomic mass is 19.1. The zero-order valence-electron chi connectivity index (χ0n) is 11.3. The number of hydrogen-bond acceptors (Lipinski definition) is 4. The van der Waals surface area contributed by atoms with Gasteiger partial charge in [-0.2, -0.15) is 0 Å². The number of nitrogens with zero attached hydrogens (tertiary/aromatic N) is 1. The van der Waals surface area contributed by atoms with Crippen LogP contribution in [0.4, 0.5) is 4.39 Å². The molecule has 0 radical (unpaired) electrons. The number of methoxy groups -OCH3 is 1. The SMILES string of the molecule is COc1ncccc1COc1ccc(F)cc1[C@H](C)O. The first-order valence-electron chi connectivity index (χ1n) is 6.20. The molecule has 0 aliphatic heterocycles. The molecule has 1 atom stereocenters. The molecular formula is C15H16FNO3. The summed E-state index contributed by atoms with van der Waals surface area (Å²) < 4.78 is 24.0. The van der Waals surface area contributed by atoms with Gasteiger partial charge < -0.3 is 14.6 Å². The summed E-state index contributed by atoms with van der Waals surface area (Å²) in [7, 11) is 1.53. The van der Waals surface area contributed by atoms with E-state index in [0.717, 1.165) is 5.56 Å². The fraction of sp³-hybridized carbons (Fsp3) is 0.267. The summed E-state index contributed by atoms with van der Waals surface area (Å²) in [6, 6.07) is 7.67. The standard InChI is InChI=1S/C15H16FNO3/c1-10(18)13-8-12(16)5-6-14(13)20-9-11-4-3-7-17-15(11)19-2/h3-8,10,18H,9H2,1-2H3/t10-/m0/s1. The Balaban J connectivity index is 2.19. The molecule has 0 saturated heterocycles. The average Bonchev–Trinajstić information content (AvgIpc) is 2.46. The Morgan fingerprint density at radius 2 is 2.15 bits per heavy atom. The van der Waals surface area contributed by atoms with Crippen LogP contribution in [-0.2, 0) is 6.61 Å². The molecule has 5 heteroatoms. The first-order chi connectivity index (χ1) is 9.61. The van der Waals surface area contributed by atoms with Crippen molar-refractivity contribution in [1.82, 2.24) is 4.98 Å². The van der Waals surface area contributed by atoms with Crippen LogP contribution in [-0.4, -0.2) is 17.2 Å². The lowest BCUT2D eigenvalue weighted by Crippen LogP contribution is -2.03. The molecule has 0 bridgehead atoms. The number of hydrogen-bond donors (Lipinski definition) is 1. The summed E-state index contributed by atoms with van der Waals surface area (Å²) in [5.41, 5.74) is 1.18. The second-order valence-corrected chi connectivity index (χ2v) is 4.32. The van der Waals surface area contributed by atoms with Gasteiger partial charge in [-0.1, -0.05) is 0 Å². The fourth-order valence-electron chi connectivity index (χ4n) is 1.85. The smallest absolute Gasteiger partial charge is 0.219 e. The molecule has 0 saturated carbocycles. The third-order valence-corrected chi connectivity index (χ3v) is 2.85. The van der Waals surface area contributed by atoms with Crippen molar-refractivity contribution < 1.29 is 19.0 Å². The minimum Gasteiger partial charge on any atom is -0.488 e. The van der Waals surface area contributed by atoms with Gasteiger partial charge in [-0.3, -0.25) is 0 Å². The molecule has 0 spiro atoms. The topological polar surface area (TPSA) is 51.6 Å². The number of aromatic nitrogens is 1. The Kier molecular flexibility index (Phi) is 4.53. The molecule has 0 aliphatic carbocycles. The van der Waals surface area contributed by atoms with E-state index in [4.69, 9.17) is 9.47 Å². The highest BCUT2D eigenvalue weighted by molar-refractivity contribution is 5.36. The Bertz CT molecular complexity index is 587. The Labute approximate surface area is 116 Å². The van der Waals surface area contributed by atoms with E-state index in [0.29, 0.717) is 17.2 Å². The summed E-state index contributed by atoms with van der Waals surface area (Å²) in [4.78, 5) is 4.07. The molecule has 20 heavy (non-hydrogen) atoms. The second kappa shape index (κ2) is 6.34. The summed E-state index contributed by atoms with van der Waals surface area (Å²) in [5, 5.41) is 9.64. The molecule has 2 rings (SSSR count). The minimum absolute atomic E-state index is 0.225. The summed E-state index contributed by atoms with van der Waals surface area (Å²) in [5.74, 6) is 0.507. The van der Waals surface area contributed by atoms with Gasteiger partial charge in [0.1, 0.15) is 18.2 Å². The lowest BCUT2D eigenvalue weighted by atomic mass is 10.1. The fourth-order valence-corrected chi connectivity index (χ4v) is 1.85. The molecule has 106 valence electrons. The third kappa shape index (κ3) is 3.24.